The molecular formula is C29H34F2N4O7. The zero-order valence-electron chi connectivity index (χ0n) is 23.6. The Morgan fingerprint density at radius 2 is 1.79 bits per heavy atom. The number of alkyl carbamates (subject to hydrolysis) is 1. The van der Waals surface area contributed by atoms with Gasteiger partial charge in [-0.15, -0.1) is 0 Å². The third-order valence-corrected chi connectivity index (χ3v) is 7.72. The number of para-hydroxylation sites is 2. The lowest BCUT2D eigenvalue weighted by atomic mass is 9.85. The summed E-state index contributed by atoms with van der Waals surface area (Å²) in [7, 11) is 0. The largest absolute Gasteiger partial charge is 0.480 e. The molecule has 13 heteroatoms. The number of rotatable bonds is 1. The number of allylic oxidation sites excluding steroid dienone is 1. The number of hydrogen-bond donors (Lipinski definition) is 2. The van der Waals surface area contributed by atoms with Crippen LogP contribution in [0.4, 0.5) is 13.6 Å². The molecule has 2 aliphatic heterocycles. The molecule has 3 heterocycles. The first-order valence-electron chi connectivity index (χ1n) is 13.9. The van der Waals surface area contributed by atoms with Gasteiger partial charge in [0.15, 0.2) is 5.69 Å². The van der Waals surface area contributed by atoms with E-state index in [2.05, 4.69) is 15.3 Å². The molecule has 2 bridgehead atoms. The average Bonchev–Trinajstić information content (AvgIpc) is 3.55. The first-order valence-corrected chi connectivity index (χ1v) is 13.9. The number of halogens is 2. The van der Waals surface area contributed by atoms with E-state index in [0.717, 1.165) is 4.90 Å². The Labute approximate surface area is 241 Å². The molecule has 2 aromatic rings. The van der Waals surface area contributed by atoms with E-state index in [4.69, 9.17) is 14.2 Å². The quantitative estimate of drug-likeness (QED) is 0.476. The van der Waals surface area contributed by atoms with Crippen LogP contribution in [0.15, 0.2) is 36.4 Å². The van der Waals surface area contributed by atoms with E-state index in [9.17, 15) is 19.5 Å². The number of ether oxygens (including phenoxy) is 3. The zero-order chi connectivity index (χ0) is 30.2. The minimum Gasteiger partial charge on any atom is -0.480 e. The van der Waals surface area contributed by atoms with Gasteiger partial charge in [0.2, 0.25) is 11.8 Å². The molecule has 1 saturated carbocycles. The lowest BCUT2D eigenvalue weighted by molar-refractivity contribution is -0.150. The van der Waals surface area contributed by atoms with Gasteiger partial charge in [-0.1, -0.05) is 39.0 Å². The normalized spacial score (nSPS) is 29.4. The van der Waals surface area contributed by atoms with Gasteiger partial charge in [-0.3, -0.25) is 4.79 Å². The maximum absolute atomic E-state index is 15.6. The molecule has 2 amide bonds. The van der Waals surface area contributed by atoms with Crippen molar-refractivity contribution < 1.29 is 42.5 Å². The Morgan fingerprint density at radius 3 is 2.48 bits per heavy atom. The number of carbonyl (C=O) groups excluding carboxylic acids is 2. The molecule has 0 radical (unpaired) electrons. The summed E-state index contributed by atoms with van der Waals surface area (Å²) in [5.74, 6) is -6.03. The van der Waals surface area contributed by atoms with Gasteiger partial charge in [0.25, 0.3) is 0 Å². The van der Waals surface area contributed by atoms with E-state index < -0.39 is 71.3 Å². The van der Waals surface area contributed by atoms with Crippen molar-refractivity contribution in [3.8, 4) is 5.88 Å². The second-order valence-corrected chi connectivity index (χ2v) is 11.9. The van der Waals surface area contributed by atoms with Gasteiger partial charge in [0.05, 0.1) is 30.3 Å². The number of carboxylic acids is 1. The minimum absolute atomic E-state index is 0.167. The van der Waals surface area contributed by atoms with Crippen LogP contribution in [-0.4, -0.2) is 81.5 Å². The van der Waals surface area contributed by atoms with Crippen LogP contribution in [0.3, 0.4) is 0 Å². The van der Waals surface area contributed by atoms with Crippen molar-refractivity contribution in [1.82, 2.24) is 20.2 Å². The standard InChI is InChI=1S/C29H34F2N4O7/c1-28(2,3)23-25(36)35-15-16(14-19(35)26(37)38)41-24-22(32-17-8-4-5-9-18(17)33-24)29(30,31)12-7-13-40-20-10-6-11-21(20)42-27(39)34-23/h4-5,7-9,12,16,19-21,23H,6,10-11,13-15H2,1-3H3,(H,34,39)(H,37,38)/b12-7+/t16-,19+,20-,21-,23?/m1/s1. The van der Waals surface area contributed by atoms with Gasteiger partial charge >= 0.3 is 18.0 Å². The Hall–Kier alpha value is -3.87. The number of alkyl halides is 2. The molecule has 11 nitrogen and oxygen atoms in total. The summed E-state index contributed by atoms with van der Waals surface area (Å²) >= 11 is 0. The van der Waals surface area contributed by atoms with Crippen molar-refractivity contribution in [2.45, 2.75) is 82.8 Å². The van der Waals surface area contributed by atoms with Crippen LogP contribution in [0, 0.1) is 5.41 Å². The van der Waals surface area contributed by atoms with E-state index in [1.807, 2.05) is 0 Å². The number of benzene rings is 1. The number of carboxylic acid groups (broad SMARTS) is 1. The molecule has 42 heavy (non-hydrogen) atoms. The van der Waals surface area contributed by atoms with Gasteiger partial charge in [-0.2, -0.15) is 8.78 Å². The molecule has 5 atom stereocenters. The summed E-state index contributed by atoms with van der Waals surface area (Å²) in [4.78, 5) is 48.5. The number of carbonyl (C=O) groups is 3. The average molecular weight is 589 g/mol. The second kappa shape index (κ2) is 11.4. The number of nitrogens with one attached hydrogen (secondary N) is 1. The summed E-state index contributed by atoms with van der Waals surface area (Å²) in [6.07, 6.45) is 0.419. The molecular weight excluding hydrogens is 554 g/mol. The van der Waals surface area contributed by atoms with E-state index in [-0.39, 0.29) is 25.1 Å². The number of hydrogen-bond acceptors (Lipinski definition) is 8. The molecule has 3 aliphatic rings. The Morgan fingerprint density at radius 1 is 1.10 bits per heavy atom. The molecule has 1 aromatic carbocycles. The summed E-state index contributed by atoms with van der Waals surface area (Å²) < 4.78 is 48.5. The van der Waals surface area contributed by atoms with Crippen molar-refractivity contribution >= 4 is 29.0 Å². The second-order valence-electron chi connectivity index (χ2n) is 11.9. The highest BCUT2D eigenvalue weighted by Gasteiger charge is 2.47. The third-order valence-electron chi connectivity index (χ3n) is 7.72. The van der Waals surface area contributed by atoms with Crippen molar-refractivity contribution in [3.63, 3.8) is 0 Å². The third kappa shape index (κ3) is 6.15. The predicted molar refractivity (Wildman–Crippen MR) is 145 cm³/mol. The van der Waals surface area contributed by atoms with Crippen LogP contribution in [-0.2, 0) is 25.0 Å². The van der Waals surface area contributed by atoms with Crippen molar-refractivity contribution in [2.24, 2.45) is 5.41 Å². The summed E-state index contributed by atoms with van der Waals surface area (Å²) in [5, 5.41) is 12.6. The molecule has 2 fully saturated rings. The lowest BCUT2D eigenvalue weighted by Gasteiger charge is -2.35. The zero-order valence-corrected chi connectivity index (χ0v) is 23.6. The van der Waals surface area contributed by atoms with Crippen LogP contribution < -0.4 is 10.1 Å². The Balaban J connectivity index is 1.56. The molecule has 226 valence electrons. The summed E-state index contributed by atoms with van der Waals surface area (Å²) in [6, 6.07) is 4.01. The topological polar surface area (TPSA) is 140 Å². The van der Waals surface area contributed by atoms with Gasteiger partial charge in [0.1, 0.15) is 24.3 Å². The highest BCUT2D eigenvalue weighted by atomic mass is 19.3. The highest BCUT2D eigenvalue weighted by molar-refractivity contribution is 5.90. The van der Waals surface area contributed by atoms with Crippen molar-refractivity contribution in [1.29, 1.82) is 0 Å². The molecule has 2 N–H and O–H groups in total. The molecule has 5 rings (SSSR count). The van der Waals surface area contributed by atoms with Crippen molar-refractivity contribution in [3.05, 3.63) is 42.1 Å². The van der Waals surface area contributed by atoms with Gasteiger partial charge in [-0.25, -0.2) is 19.6 Å². The van der Waals surface area contributed by atoms with Gasteiger partial charge in [0, 0.05) is 6.42 Å². The number of aromatic nitrogens is 2. The smallest absolute Gasteiger partial charge is 0.408 e. The van der Waals surface area contributed by atoms with Crippen LogP contribution in [0.2, 0.25) is 0 Å². The van der Waals surface area contributed by atoms with Gasteiger partial charge < -0.3 is 29.5 Å². The van der Waals surface area contributed by atoms with Gasteiger partial charge in [-0.05, 0) is 42.9 Å². The summed E-state index contributed by atoms with van der Waals surface area (Å²) in [6.45, 7) is 4.80. The monoisotopic (exact) mass is 588 g/mol. The number of nitrogens with zero attached hydrogens (tertiary/aromatic N) is 3. The Kier molecular flexibility index (Phi) is 8.06. The van der Waals surface area contributed by atoms with Crippen molar-refractivity contribution in [2.75, 3.05) is 13.2 Å². The molecule has 0 spiro atoms. The van der Waals surface area contributed by atoms with E-state index in [1.54, 1.807) is 45.0 Å². The van der Waals surface area contributed by atoms with E-state index in [1.165, 1.54) is 6.08 Å². The fraction of sp³-hybridized carbons (Fsp3) is 0.552. The first kappa shape index (κ1) is 29.6. The Bertz CT molecular complexity index is 1400. The minimum atomic E-state index is -3.62. The van der Waals surface area contributed by atoms with E-state index in [0.29, 0.717) is 30.9 Å². The molecule has 1 aliphatic carbocycles. The molecule has 1 aromatic heterocycles. The maximum atomic E-state index is 15.6. The number of fused-ring (bicyclic) bond motifs is 5. The number of amides is 2. The SMILES string of the molecule is CC(C)(C)C1NC(=O)O[C@@H]2CCC[C@H]2OC/C=C/C(F)(F)c2nc3ccccc3nc2O[C@@H]2C[C@@H](C(=O)O)N(C2)C1=O. The molecule has 1 unspecified atom stereocenters. The fourth-order valence-corrected chi connectivity index (χ4v) is 5.58. The highest BCUT2D eigenvalue weighted by Crippen LogP contribution is 2.37. The van der Waals surface area contributed by atoms with Crippen LogP contribution >= 0.6 is 0 Å². The maximum Gasteiger partial charge on any atom is 0.408 e. The summed E-state index contributed by atoms with van der Waals surface area (Å²) in [5.41, 5.74) is -1.02. The van der Waals surface area contributed by atoms with E-state index >= 15 is 8.78 Å². The first-order chi connectivity index (χ1) is 19.8. The predicted octanol–water partition coefficient (Wildman–Crippen LogP) is 3.80. The van der Waals surface area contributed by atoms with Crippen LogP contribution in [0.1, 0.15) is 52.1 Å². The van der Waals surface area contributed by atoms with Crippen LogP contribution in [0.5, 0.6) is 5.88 Å². The lowest BCUT2D eigenvalue weighted by Crippen LogP contribution is -2.57. The fourth-order valence-electron chi connectivity index (χ4n) is 5.58. The number of aliphatic carboxylic acids is 1. The van der Waals surface area contributed by atoms with Crippen LogP contribution in [0.25, 0.3) is 11.0 Å². The molecule has 1 saturated heterocycles.